The summed E-state index contributed by atoms with van der Waals surface area (Å²) in [6.07, 6.45) is 1.41. The number of carbonyl (C=O) groups is 1. The summed E-state index contributed by atoms with van der Waals surface area (Å²) in [5.41, 5.74) is 1.29. The summed E-state index contributed by atoms with van der Waals surface area (Å²) in [5, 5.41) is 1.64. The first-order valence-electron chi connectivity index (χ1n) is 8.68. The Morgan fingerprint density at radius 1 is 1.07 bits per heavy atom. The molecule has 1 aromatic heterocycles. The molecule has 146 valence electrons. The third-order valence-electron chi connectivity index (χ3n) is 4.38. The molecule has 0 fully saturated rings. The molecule has 2 aromatic carbocycles. The highest BCUT2D eigenvalue weighted by Gasteiger charge is 2.32. The lowest BCUT2D eigenvalue weighted by Crippen LogP contribution is -2.32. The fraction of sp³-hybridized carbons (Fsp3) is 0.190. The first-order valence-corrected chi connectivity index (χ1v) is 10.2. The molecule has 28 heavy (non-hydrogen) atoms. The number of methoxy groups -OCH3 is 1. The quantitative estimate of drug-likeness (QED) is 0.657. The number of nitrogens with one attached hydrogen (secondary N) is 1. The molecule has 0 aliphatic carbocycles. The van der Waals surface area contributed by atoms with Crippen molar-refractivity contribution >= 4 is 15.7 Å². The highest BCUT2D eigenvalue weighted by molar-refractivity contribution is 7.91. The Morgan fingerprint density at radius 3 is 2.43 bits per heavy atom. The first-order chi connectivity index (χ1) is 13.4. The Bertz CT molecular complexity index is 1040. The van der Waals surface area contributed by atoms with Crippen LogP contribution in [0.2, 0.25) is 0 Å². The van der Waals surface area contributed by atoms with Gasteiger partial charge in [-0.15, -0.1) is 0 Å². The van der Waals surface area contributed by atoms with E-state index in [4.69, 9.17) is 9.15 Å². The van der Waals surface area contributed by atoms with Crippen molar-refractivity contribution in [1.29, 1.82) is 0 Å². The zero-order valence-electron chi connectivity index (χ0n) is 15.6. The molecule has 1 amide bonds. The zero-order chi connectivity index (χ0) is 20.1. The van der Waals surface area contributed by atoms with Crippen LogP contribution >= 0.6 is 0 Å². The maximum Gasteiger partial charge on any atom is 0.255 e. The number of hydrogen-bond acceptors (Lipinski definition) is 5. The van der Waals surface area contributed by atoms with Crippen molar-refractivity contribution in [2.75, 3.05) is 13.7 Å². The average molecular weight is 399 g/mol. The highest BCUT2D eigenvalue weighted by Crippen LogP contribution is 2.29. The summed E-state index contributed by atoms with van der Waals surface area (Å²) < 4.78 is 36.9. The standard InChI is InChI=1S/C21H21NO5S/c1-15-9-11-16(12-10-15)28(24,25)20(19-8-5-13-27-19)14-22-21(23)17-6-3-4-7-18(17)26-2/h3-13,20H,14H2,1-2H3,(H,22,23). The number of para-hydroxylation sites is 1. The van der Waals surface area contributed by atoms with Gasteiger partial charge in [-0.25, -0.2) is 8.42 Å². The minimum Gasteiger partial charge on any atom is -0.496 e. The van der Waals surface area contributed by atoms with Crippen LogP contribution in [0.25, 0.3) is 0 Å². The fourth-order valence-corrected chi connectivity index (χ4v) is 4.43. The van der Waals surface area contributed by atoms with Gasteiger partial charge in [0.2, 0.25) is 0 Å². The van der Waals surface area contributed by atoms with Crippen molar-refractivity contribution in [2.45, 2.75) is 17.1 Å². The Labute approximate surface area is 164 Å². The highest BCUT2D eigenvalue weighted by atomic mass is 32.2. The normalized spacial score (nSPS) is 12.4. The summed E-state index contributed by atoms with van der Waals surface area (Å²) in [6, 6.07) is 16.5. The smallest absolute Gasteiger partial charge is 0.255 e. The topological polar surface area (TPSA) is 85.6 Å². The maximum absolute atomic E-state index is 13.2. The van der Waals surface area contributed by atoms with Gasteiger partial charge in [0, 0.05) is 6.54 Å². The molecule has 3 aromatic rings. The molecule has 3 rings (SSSR count). The second-order valence-electron chi connectivity index (χ2n) is 6.27. The number of sulfone groups is 1. The predicted molar refractivity (Wildman–Crippen MR) is 105 cm³/mol. The van der Waals surface area contributed by atoms with E-state index in [0.29, 0.717) is 11.3 Å². The van der Waals surface area contributed by atoms with Gasteiger partial charge in [-0.05, 0) is 43.3 Å². The van der Waals surface area contributed by atoms with Gasteiger partial charge in [-0.1, -0.05) is 29.8 Å². The van der Waals surface area contributed by atoms with Gasteiger partial charge < -0.3 is 14.5 Å². The zero-order valence-corrected chi connectivity index (χ0v) is 16.4. The van der Waals surface area contributed by atoms with E-state index in [2.05, 4.69) is 5.32 Å². The minimum absolute atomic E-state index is 0.138. The van der Waals surface area contributed by atoms with Crippen LogP contribution in [0, 0.1) is 6.92 Å². The molecule has 7 heteroatoms. The minimum atomic E-state index is -3.77. The number of carbonyl (C=O) groups excluding carboxylic acids is 1. The van der Waals surface area contributed by atoms with Gasteiger partial charge in [0.05, 0.1) is 23.8 Å². The molecule has 1 heterocycles. The second kappa shape index (κ2) is 8.31. The van der Waals surface area contributed by atoms with Gasteiger partial charge in [-0.3, -0.25) is 4.79 Å². The van der Waals surface area contributed by atoms with Crippen molar-refractivity contribution in [3.05, 3.63) is 83.8 Å². The van der Waals surface area contributed by atoms with E-state index in [1.54, 1.807) is 60.7 Å². The first kappa shape index (κ1) is 19.7. The van der Waals surface area contributed by atoms with Crippen molar-refractivity contribution < 1.29 is 22.4 Å². The lowest BCUT2D eigenvalue weighted by Gasteiger charge is -2.17. The number of amides is 1. The Kier molecular flexibility index (Phi) is 5.84. The van der Waals surface area contributed by atoms with Crippen LogP contribution < -0.4 is 10.1 Å². The molecule has 1 atom stereocenters. The van der Waals surface area contributed by atoms with E-state index in [1.807, 2.05) is 6.92 Å². The summed E-state index contributed by atoms with van der Waals surface area (Å²) in [7, 11) is -2.30. The summed E-state index contributed by atoms with van der Waals surface area (Å²) in [5.74, 6) is 0.255. The summed E-state index contributed by atoms with van der Waals surface area (Å²) in [4.78, 5) is 12.8. The van der Waals surface area contributed by atoms with Crippen LogP contribution in [0.15, 0.2) is 76.2 Å². The molecule has 0 saturated heterocycles. The molecular weight excluding hydrogens is 378 g/mol. The second-order valence-corrected chi connectivity index (χ2v) is 8.40. The third-order valence-corrected chi connectivity index (χ3v) is 6.46. The van der Waals surface area contributed by atoms with E-state index < -0.39 is 21.0 Å². The van der Waals surface area contributed by atoms with Crippen molar-refractivity contribution in [3.8, 4) is 5.75 Å². The molecule has 0 saturated carbocycles. The third kappa shape index (κ3) is 4.09. The SMILES string of the molecule is COc1ccccc1C(=O)NCC(c1ccco1)S(=O)(=O)c1ccc(C)cc1. The molecule has 0 bridgehead atoms. The molecular formula is C21H21NO5S. The number of hydrogen-bond donors (Lipinski definition) is 1. The molecule has 0 aliphatic rings. The van der Waals surface area contributed by atoms with Crippen LogP contribution in [0.1, 0.15) is 26.9 Å². The fourth-order valence-electron chi connectivity index (χ4n) is 2.84. The summed E-state index contributed by atoms with van der Waals surface area (Å²) >= 11 is 0. The van der Waals surface area contributed by atoms with Gasteiger partial charge in [-0.2, -0.15) is 0 Å². The van der Waals surface area contributed by atoms with Crippen LogP contribution in [0.4, 0.5) is 0 Å². The van der Waals surface area contributed by atoms with Crippen molar-refractivity contribution in [3.63, 3.8) is 0 Å². The maximum atomic E-state index is 13.2. The van der Waals surface area contributed by atoms with Crippen LogP contribution in [0.3, 0.4) is 0 Å². The molecule has 1 N–H and O–H groups in total. The number of furan rings is 1. The Hall–Kier alpha value is -3.06. The van der Waals surface area contributed by atoms with Crippen LogP contribution in [-0.4, -0.2) is 28.0 Å². The number of benzene rings is 2. The number of rotatable bonds is 7. The van der Waals surface area contributed by atoms with Gasteiger partial charge in [0.1, 0.15) is 16.8 Å². The lowest BCUT2D eigenvalue weighted by molar-refractivity contribution is 0.0950. The molecule has 0 aliphatic heterocycles. The lowest BCUT2D eigenvalue weighted by atomic mass is 10.2. The number of aryl methyl sites for hydroxylation is 1. The van der Waals surface area contributed by atoms with E-state index in [-0.39, 0.29) is 17.2 Å². The van der Waals surface area contributed by atoms with Gasteiger partial charge in [0.15, 0.2) is 9.84 Å². The van der Waals surface area contributed by atoms with Crippen molar-refractivity contribution in [2.24, 2.45) is 0 Å². The largest absolute Gasteiger partial charge is 0.496 e. The number of ether oxygens (including phenoxy) is 1. The Morgan fingerprint density at radius 2 is 1.79 bits per heavy atom. The molecule has 6 nitrogen and oxygen atoms in total. The monoisotopic (exact) mass is 399 g/mol. The molecule has 0 spiro atoms. The Balaban J connectivity index is 1.88. The predicted octanol–water partition coefficient (Wildman–Crippen LogP) is 3.54. The van der Waals surface area contributed by atoms with Crippen molar-refractivity contribution in [1.82, 2.24) is 5.32 Å². The summed E-state index contributed by atoms with van der Waals surface area (Å²) in [6.45, 7) is 1.74. The molecule has 1 unspecified atom stereocenters. The van der Waals surface area contributed by atoms with Crippen LogP contribution in [0.5, 0.6) is 5.75 Å². The van der Waals surface area contributed by atoms with E-state index >= 15 is 0 Å². The van der Waals surface area contributed by atoms with E-state index in [0.717, 1.165) is 5.56 Å². The van der Waals surface area contributed by atoms with E-state index in [9.17, 15) is 13.2 Å². The van der Waals surface area contributed by atoms with Gasteiger partial charge in [0.25, 0.3) is 5.91 Å². The van der Waals surface area contributed by atoms with Gasteiger partial charge >= 0.3 is 0 Å². The van der Waals surface area contributed by atoms with E-state index in [1.165, 1.54) is 13.4 Å². The van der Waals surface area contributed by atoms with Crippen LogP contribution in [-0.2, 0) is 9.84 Å². The molecule has 0 radical (unpaired) electrons. The average Bonchev–Trinajstić information content (AvgIpc) is 3.22.